The van der Waals surface area contributed by atoms with Crippen molar-refractivity contribution in [3.8, 4) is 0 Å². The molecule has 0 aliphatic rings. The van der Waals surface area contributed by atoms with Crippen molar-refractivity contribution < 1.29 is 32.9 Å². The molecule has 0 rings (SSSR count). The van der Waals surface area contributed by atoms with Crippen LogP contribution in [0.25, 0.3) is 0 Å². The maximum Gasteiger partial charge on any atom is 0.268 e. The van der Waals surface area contributed by atoms with E-state index in [4.69, 9.17) is 9.05 Å². The summed E-state index contributed by atoms with van der Waals surface area (Å²) >= 11 is 0. The van der Waals surface area contributed by atoms with Crippen molar-refractivity contribution in [2.75, 3.05) is 40.9 Å². The molecule has 0 aromatic carbocycles. The summed E-state index contributed by atoms with van der Waals surface area (Å²) in [7, 11) is 1.23. The number of rotatable bonds is 57. The van der Waals surface area contributed by atoms with Gasteiger partial charge in [0.05, 0.1) is 39.9 Å². The van der Waals surface area contributed by atoms with Gasteiger partial charge in [-0.3, -0.25) is 9.36 Å². The van der Waals surface area contributed by atoms with E-state index >= 15 is 0 Å². The standard InChI is InChI=1S/C68H121N2O6P/c1-6-8-10-12-14-16-18-20-22-24-26-28-30-32-33-34-35-36-37-38-40-42-44-46-48-50-52-54-56-58-60-62-68(72)69-66(65-76-77(73,74)75-64-63-70(3,4)5)67(71)61-59-57-55-53-51-49-47-45-43-41-39-31-29-27-25-23-21-19-17-15-13-11-9-7-2/h8,10,14,16,20,22,26,28,32-33,35-36,43,45,51,53,59,61,66-67,71H,6-7,9,11-13,15,17-19,21,23-25,27,29-31,34,37-42,44,46-50,52,54-58,60,62-65H2,1-5H3,(H-,69,72,73,74)/b10-8-,16-14-,22-20-,28-26-,33-32-,36-35-,45-43+,53-51+,61-59+. The summed E-state index contributed by atoms with van der Waals surface area (Å²) in [5.41, 5.74) is 0. The van der Waals surface area contributed by atoms with Crippen LogP contribution in [0, 0.1) is 0 Å². The number of allylic oxidation sites excluding steroid dienone is 17. The van der Waals surface area contributed by atoms with Gasteiger partial charge in [-0.15, -0.1) is 0 Å². The predicted octanol–water partition coefficient (Wildman–Crippen LogP) is 19.3. The van der Waals surface area contributed by atoms with Crippen molar-refractivity contribution in [2.24, 2.45) is 0 Å². The Morgan fingerprint density at radius 1 is 0.468 bits per heavy atom. The van der Waals surface area contributed by atoms with Crippen molar-refractivity contribution in [1.29, 1.82) is 0 Å². The lowest BCUT2D eigenvalue weighted by atomic mass is 10.0. The number of carbonyl (C=O) groups is 1. The second-order valence-electron chi connectivity index (χ2n) is 22.4. The minimum atomic E-state index is -4.62. The molecule has 444 valence electrons. The van der Waals surface area contributed by atoms with E-state index in [9.17, 15) is 19.4 Å². The molecule has 3 unspecified atom stereocenters. The zero-order chi connectivity index (χ0) is 56.3. The molecule has 0 saturated heterocycles. The third-order valence-corrected chi connectivity index (χ3v) is 14.7. The third-order valence-electron chi connectivity index (χ3n) is 13.7. The van der Waals surface area contributed by atoms with E-state index in [2.05, 4.69) is 116 Å². The van der Waals surface area contributed by atoms with Crippen molar-refractivity contribution in [3.05, 3.63) is 109 Å². The molecule has 1 amide bonds. The second-order valence-corrected chi connectivity index (χ2v) is 23.8. The average Bonchev–Trinajstić information content (AvgIpc) is 3.39. The van der Waals surface area contributed by atoms with Gasteiger partial charge in [-0.1, -0.05) is 271 Å². The molecule has 0 radical (unpaired) electrons. The number of nitrogens with one attached hydrogen (secondary N) is 1. The number of nitrogens with zero attached hydrogens (tertiary/aromatic N) is 1. The lowest BCUT2D eigenvalue weighted by Crippen LogP contribution is -2.45. The fraction of sp³-hybridized carbons (Fsp3) is 0.721. The van der Waals surface area contributed by atoms with Crippen LogP contribution in [-0.2, 0) is 18.4 Å². The first kappa shape index (κ1) is 74.2. The molecule has 0 aromatic rings. The summed E-state index contributed by atoms with van der Waals surface area (Å²) < 4.78 is 23.4. The van der Waals surface area contributed by atoms with E-state index in [1.165, 1.54) is 161 Å². The Balaban J connectivity index is 4.23. The highest BCUT2D eigenvalue weighted by atomic mass is 31.2. The maximum absolute atomic E-state index is 13.0. The number of amides is 1. The minimum Gasteiger partial charge on any atom is -0.756 e. The van der Waals surface area contributed by atoms with Gasteiger partial charge in [-0.2, -0.15) is 0 Å². The Hall–Kier alpha value is -2.84. The second kappa shape index (κ2) is 57.8. The number of unbranched alkanes of at least 4 members (excludes halogenated alkanes) is 28. The number of aliphatic hydroxyl groups is 1. The number of aliphatic hydroxyl groups excluding tert-OH is 1. The molecule has 3 atom stereocenters. The molecular weight excluding hydrogens is 972 g/mol. The van der Waals surface area contributed by atoms with Crippen LogP contribution < -0.4 is 10.2 Å². The number of hydrogen-bond donors (Lipinski definition) is 2. The van der Waals surface area contributed by atoms with Crippen LogP contribution in [0.2, 0.25) is 0 Å². The predicted molar refractivity (Wildman–Crippen MR) is 334 cm³/mol. The van der Waals surface area contributed by atoms with Gasteiger partial charge in [-0.05, 0) is 96.3 Å². The largest absolute Gasteiger partial charge is 0.756 e. The number of carbonyl (C=O) groups excluding carboxylic acids is 1. The quantitative estimate of drug-likeness (QED) is 0.0272. The Morgan fingerprint density at radius 2 is 0.805 bits per heavy atom. The molecule has 0 bridgehead atoms. The summed E-state index contributed by atoms with van der Waals surface area (Å²) in [5, 5.41) is 13.9. The zero-order valence-electron chi connectivity index (χ0n) is 50.6. The molecule has 0 fully saturated rings. The van der Waals surface area contributed by atoms with Gasteiger partial charge in [-0.25, -0.2) is 0 Å². The molecule has 0 saturated carbocycles. The number of phosphoric ester groups is 1. The van der Waals surface area contributed by atoms with Crippen molar-refractivity contribution in [1.82, 2.24) is 5.32 Å². The van der Waals surface area contributed by atoms with Crippen LogP contribution in [0.5, 0.6) is 0 Å². The number of hydrogen-bond acceptors (Lipinski definition) is 6. The molecule has 0 aliphatic carbocycles. The molecule has 77 heavy (non-hydrogen) atoms. The normalized spacial score (nSPS) is 14.5. The van der Waals surface area contributed by atoms with E-state index < -0.39 is 26.6 Å². The molecule has 8 nitrogen and oxygen atoms in total. The van der Waals surface area contributed by atoms with Crippen LogP contribution in [0.4, 0.5) is 0 Å². The SMILES string of the molecule is CC/C=C\C/C=C\C/C=C\C/C=C\C/C=C\C/C=C\CCCCCCCCCCCCCCC(=O)NC(COP(=O)([O-])OCC[N+](C)(C)C)C(O)/C=C/CC/C=C/CC/C=C/CCCCCCCCCCCCCCCC. The fourth-order valence-electron chi connectivity index (χ4n) is 8.78. The van der Waals surface area contributed by atoms with Crippen LogP contribution in [0.3, 0.4) is 0 Å². The van der Waals surface area contributed by atoms with Gasteiger partial charge < -0.3 is 28.8 Å². The molecular formula is C68H121N2O6P. The molecule has 0 aromatic heterocycles. The van der Waals surface area contributed by atoms with E-state index in [0.717, 1.165) is 83.5 Å². The number of quaternary nitrogens is 1. The van der Waals surface area contributed by atoms with Crippen LogP contribution in [0.1, 0.15) is 264 Å². The first-order valence-electron chi connectivity index (χ1n) is 31.7. The Kier molecular flexibility index (Phi) is 55.7. The van der Waals surface area contributed by atoms with Gasteiger partial charge in [0.25, 0.3) is 7.82 Å². The van der Waals surface area contributed by atoms with Crippen LogP contribution in [-0.4, -0.2) is 68.5 Å². The Bertz CT molecular complexity index is 1620. The monoisotopic (exact) mass is 1090 g/mol. The summed E-state index contributed by atoms with van der Waals surface area (Å²) in [5.74, 6) is -0.216. The average molecular weight is 1090 g/mol. The molecule has 2 N–H and O–H groups in total. The van der Waals surface area contributed by atoms with Crippen LogP contribution >= 0.6 is 7.82 Å². The van der Waals surface area contributed by atoms with E-state index in [1.807, 2.05) is 27.2 Å². The molecule has 9 heteroatoms. The molecule has 0 aliphatic heterocycles. The maximum atomic E-state index is 13.0. The first-order chi connectivity index (χ1) is 37.5. The lowest BCUT2D eigenvalue weighted by Gasteiger charge is -2.29. The van der Waals surface area contributed by atoms with E-state index in [-0.39, 0.29) is 12.5 Å². The first-order valence-corrected chi connectivity index (χ1v) is 33.2. The molecule has 0 heterocycles. The highest BCUT2D eigenvalue weighted by Gasteiger charge is 2.23. The summed E-state index contributed by atoms with van der Waals surface area (Å²) in [6, 6.07) is -0.919. The van der Waals surface area contributed by atoms with Crippen molar-refractivity contribution >= 4 is 13.7 Å². The lowest BCUT2D eigenvalue weighted by molar-refractivity contribution is -0.870. The highest BCUT2D eigenvalue weighted by molar-refractivity contribution is 7.45. The van der Waals surface area contributed by atoms with Gasteiger partial charge in [0.15, 0.2) is 0 Å². The number of phosphoric acid groups is 1. The van der Waals surface area contributed by atoms with Gasteiger partial charge in [0.1, 0.15) is 13.2 Å². The highest BCUT2D eigenvalue weighted by Crippen LogP contribution is 2.38. The zero-order valence-corrected chi connectivity index (χ0v) is 51.5. The molecule has 0 spiro atoms. The number of likely N-dealkylation sites (N-methyl/N-ethyl adjacent to an activating group) is 1. The van der Waals surface area contributed by atoms with Gasteiger partial charge in [0.2, 0.25) is 5.91 Å². The Morgan fingerprint density at radius 3 is 1.21 bits per heavy atom. The summed E-state index contributed by atoms with van der Waals surface area (Å²) in [4.78, 5) is 25.6. The summed E-state index contributed by atoms with van der Waals surface area (Å²) in [6.07, 6.45) is 84.7. The van der Waals surface area contributed by atoms with Crippen molar-refractivity contribution in [2.45, 2.75) is 276 Å². The van der Waals surface area contributed by atoms with Crippen LogP contribution in [0.15, 0.2) is 109 Å². The van der Waals surface area contributed by atoms with E-state index in [0.29, 0.717) is 17.4 Å². The summed E-state index contributed by atoms with van der Waals surface area (Å²) in [6.45, 7) is 4.52. The van der Waals surface area contributed by atoms with Crippen molar-refractivity contribution in [3.63, 3.8) is 0 Å². The van der Waals surface area contributed by atoms with Gasteiger partial charge in [0, 0.05) is 6.42 Å². The third kappa shape index (κ3) is 60.6. The fourth-order valence-corrected chi connectivity index (χ4v) is 9.50. The van der Waals surface area contributed by atoms with E-state index in [1.54, 1.807) is 6.08 Å². The smallest absolute Gasteiger partial charge is 0.268 e. The van der Waals surface area contributed by atoms with Gasteiger partial charge >= 0.3 is 0 Å². The topological polar surface area (TPSA) is 108 Å². The Labute approximate surface area is 476 Å². The minimum absolute atomic E-state index is 0.0139.